The third-order valence-corrected chi connectivity index (χ3v) is 3.44. The van der Waals surface area contributed by atoms with Crippen molar-refractivity contribution in [2.75, 3.05) is 18.4 Å². The summed E-state index contributed by atoms with van der Waals surface area (Å²) in [6.45, 7) is 1.83. The number of hydrogen-bond acceptors (Lipinski definition) is 2. The molecular formula is C13H17Cl2N3O. The van der Waals surface area contributed by atoms with Gasteiger partial charge in [-0.3, -0.25) is 0 Å². The van der Waals surface area contributed by atoms with E-state index in [1.54, 1.807) is 18.2 Å². The quantitative estimate of drug-likeness (QED) is 0.785. The van der Waals surface area contributed by atoms with Gasteiger partial charge in [-0.1, -0.05) is 29.6 Å². The molecule has 19 heavy (non-hydrogen) atoms. The van der Waals surface area contributed by atoms with Gasteiger partial charge >= 0.3 is 6.03 Å². The highest BCUT2D eigenvalue weighted by molar-refractivity contribution is 6.35. The predicted octanol–water partition coefficient (Wildman–Crippen LogP) is 3.26. The molecule has 1 atom stereocenters. The lowest BCUT2D eigenvalue weighted by Gasteiger charge is -2.17. The van der Waals surface area contributed by atoms with Crippen LogP contribution in [0.4, 0.5) is 10.5 Å². The molecule has 2 rings (SSSR count). The van der Waals surface area contributed by atoms with E-state index in [9.17, 15) is 4.79 Å². The van der Waals surface area contributed by atoms with Crippen LogP contribution in [-0.2, 0) is 0 Å². The van der Waals surface area contributed by atoms with Gasteiger partial charge in [-0.25, -0.2) is 4.79 Å². The Balaban J connectivity index is 1.89. The van der Waals surface area contributed by atoms with Gasteiger partial charge in [0, 0.05) is 28.3 Å². The fraction of sp³-hybridized carbons (Fsp3) is 0.462. The number of anilines is 1. The van der Waals surface area contributed by atoms with E-state index >= 15 is 0 Å². The number of nitrogens with one attached hydrogen (secondary N) is 3. The van der Waals surface area contributed by atoms with Crippen molar-refractivity contribution in [3.8, 4) is 0 Å². The molecule has 1 unspecified atom stereocenters. The number of amides is 2. The van der Waals surface area contributed by atoms with Crippen molar-refractivity contribution in [1.82, 2.24) is 10.6 Å². The van der Waals surface area contributed by atoms with Crippen LogP contribution in [0.15, 0.2) is 18.2 Å². The lowest BCUT2D eigenvalue weighted by atomic mass is 10.1. The Morgan fingerprint density at radius 3 is 2.68 bits per heavy atom. The van der Waals surface area contributed by atoms with Crippen LogP contribution in [0.1, 0.15) is 19.3 Å². The second kappa shape index (κ2) is 6.98. The van der Waals surface area contributed by atoms with E-state index in [1.807, 2.05) is 0 Å². The molecule has 0 spiro atoms. The zero-order chi connectivity index (χ0) is 13.7. The first-order valence-corrected chi connectivity index (χ1v) is 7.13. The maximum Gasteiger partial charge on any atom is 0.319 e. The van der Waals surface area contributed by atoms with Crippen LogP contribution in [0.3, 0.4) is 0 Å². The summed E-state index contributed by atoms with van der Waals surface area (Å²) in [7, 11) is 0. The molecule has 1 aromatic carbocycles. The molecule has 1 aliphatic rings. The highest BCUT2D eigenvalue weighted by atomic mass is 35.5. The van der Waals surface area contributed by atoms with Crippen LogP contribution < -0.4 is 16.0 Å². The standard InChI is InChI=1S/C13H17Cl2N3O/c14-9-5-10(15)7-12(6-9)18-13(19)17-11-3-1-2-4-16-8-11/h5-7,11,16H,1-4,8H2,(H2,17,18,19). The van der Waals surface area contributed by atoms with E-state index in [1.165, 1.54) is 0 Å². The van der Waals surface area contributed by atoms with E-state index in [4.69, 9.17) is 23.2 Å². The van der Waals surface area contributed by atoms with Crippen LogP contribution in [0.25, 0.3) is 0 Å². The van der Waals surface area contributed by atoms with Crippen LogP contribution in [0.2, 0.25) is 10.0 Å². The Kier molecular flexibility index (Phi) is 5.31. The van der Waals surface area contributed by atoms with Crippen molar-refractivity contribution in [3.63, 3.8) is 0 Å². The summed E-state index contributed by atoms with van der Waals surface area (Å²) in [6, 6.07) is 4.89. The van der Waals surface area contributed by atoms with Crippen molar-refractivity contribution < 1.29 is 4.79 Å². The van der Waals surface area contributed by atoms with Crippen LogP contribution in [-0.4, -0.2) is 25.2 Å². The Morgan fingerprint density at radius 1 is 1.21 bits per heavy atom. The fourth-order valence-corrected chi connectivity index (χ4v) is 2.65. The smallest absolute Gasteiger partial charge is 0.319 e. The third kappa shape index (κ3) is 4.90. The van der Waals surface area contributed by atoms with Crippen molar-refractivity contribution >= 4 is 34.9 Å². The van der Waals surface area contributed by atoms with Gasteiger partial charge in [-0.05, 0) is 37.6 Å². The van der Waals surface area contributed by atoms with Crippen LogP contribution in [0.5, 0.6) is 0 Å². The maximum atomic E-state index is 11.9. The molecule has 0 aromatic heterocycles. The Hall–Kier alpha value is -0.970. The first-order chi connectivity index (χ1) is 9.13. The number of urea groups is 1. The number of carbonyl (C=O) groups excluding carboxylic acids is 1. The third-order valence-electron chi connectivity index (χ3n) is 3.00. The minimum Gasteiger partial charge on any atom is -0.334 e. The number of halogens is 2. The minimum atomic E-state index is -0.230. The highest BCUT2D eigenvalue weighted by Gasteiger charge is 2.14. The Morgan fingerprint density at radius 2 is 1.95 bits per heavy atom. The van der Waals surface area contributed by atoms with Crippen molar-refractivity contribution in [2.24, 2.45) is 0 Å². The number of benzene rings is 1. The largest absolute Gasteiger partial charge is 0.334 e. The molecule has 0 bridgehead atoms. The maximum absolute atomic E-state index is 11.9. The molecule has 0 saturated carbocycles. The van der Waals surface area contributed by atoms with E-state index in [0.29, 0.717) is 15.7 Å². The lowest BCUT2D eigenvalue weighted by molar-refractivity contribution is 0.247. The molecule has 1 aliphatic heterocycles. The van der Waals surface area contributed by atoms with Gasteiger partial charge in [-0.15, -0.1) is 0 Å². The summed E-state index contributed by atoms with van der Waals surface area (Å²) < 4.78 is 0. The Bertz CT molecular complexity index is 425. The molecule has 6 heteroatoms. The van der Waals surface area contributed by atoms with Crippen LogP contribution in [0, 0.1) is 0 Å². The number of carbonyl (C=O) groups is 1. The fourth-order valence-electron chi connectivity index (χ4n) is 2.12. The van der Waals surface area contributed by atoms with E-state index < -0.39 is 0 Å². The lowest BCUT2D eigenvalue weighted by Crippen LogP contribution is -2.42. The first-order valence-electron chi connectivity index (χ1n) is 6.38. The predicted molar refractivity (Wildman–Crippen MR) is 79.1 cm³/mol. The van der Waals surface area contributed by atoms with Gasteiger partial charge in [0.15, 0.2) is 0 Å². The van der Waals surface area contributed by atoms with Crippen molar-refractivity contribution in [2.45, 2.75) is 25.3 Å². The molecule has 1 aromatic rings. The van der Waals surface area contributed by atoms with Crippen molar-refractivity contribution in [1.29, 1.82) is 0 Å². The zero-order valence-corrected chi connectivity index (χ0v) is 12.0. The molecule has 0 aliphatic carbocycles. The summed E-state index contributed by atoms with van der Waals surface area (Å²) in [4.78, 5) is 11.9. The van der Waals surface area contributed by atoms with Gasteiger partial charge in [0.2, 0.25) is 0 Å². The average molecular weight is 302 g/mol. The van der Waals surface area contributed by atoms with Gasteiger partial charge < -0.3 is 16.0 Å². The molecule has 1 fully saturated rings. The van der Waals surface area contributed by atoms with Crippen LogP contribution >= 0.6 is 23.2 Å². The summed E-state index contributed by atoms with van der Waals surface area (Å²) in [5.74, 6) is 0. The summed E-state index contributed by atoms with van der Waals surface area (Å²) in [5.41, 5.74) is 0.594. The summed E-state index contributed by atoms with van der Waals surface area (Å²) >= 11 is 11.8. The second-order valence-corrected chi connectivity index (χ2v) is 5.53. The molecule has 4 nitrogen and oxygen atoms in total. The van der Waals surface area contributed by atoms with Gasteiger partial charge in [0.05, 0.1) is 0 Å². The molecular weight excluding hydrogens is 285 g/mol. The van der Waals surface area contributed by atoms with E-state index in [2.05, 4.69) is 16.0 Å². The van der Waals surface area contributed by atoms with Gasteiger partial charge in [0.25, 0.3) is 0 Å². The monoisotopic (exact) mass is 301 g/mol. The van der Waals surface area contributed by atoms with E-state index in [0.717, 1.165) is 32.4 Å². The summed E-state index contributed by atoms with van der Waals surface area (Å²) in [6.07, 6.45) is 3.28. The normalized spacial score (nSPS) is 19.6. The minimum absolute atomic E-state index is 0.164. The zero-order valence-electron chi connectivity index (χ0n) is 10.5. The molecule has 2 amide bonds. The molecule has 1 heterocycles. The second-order valence-electron chi connectivity index (χ2n) is 4.65. The van der Waals surface area contributed by atoms with Gasteiger partial charge in [-0.2, -0.15) is 0 Å². The first kappa shape index (κ1) is 14.4. The van der Waals surface area contributed by atoms with Crippen molar-refractivity contribution in [3.05, 3.63) is 28.2 Å². The molecule has 1 saturated heterocycles. The van der Waals surface area contributed by atoms with Gasteiger partial charge in [0.1, 0.15) is 0 Å². The SMILES string of the molecule is O=C(Nc1cc(Cl)cc(Cl)c1)NC1CCCCNC1. The highest BCUT2D eigenvalue weighted by Crippen LogP contribution is 2.22. The average Bonchev–Trinajstić information content (AvgIpc) is 2.55. The Labute approximate surface area is 122 Å². The summed E-state index contributed by atoms with van der Waals surface area (Å²) in [5, 5.41) is 9.99. The number of rotatable bonds is 2. The molecule has 104 valence electrons. The topological polar surface area (TPSA) is 53.2 Å². The van der Waals surface area contributed by atoms with E-state index in [-0.39, 0.29) is 12.1 Å². The molecule has 3 N–H and O–H groups in total. The molecule has 0 radical (unpaired) electrons. The number of hydrogen-bond donors (Lipinski definition) is 3.